The van der Waals surface area contributed by atoms with E-state index in [9.17, 15) is 55.2 Å². The number of aryl methyl sites for hydroxylation is 1. The molecular formula is C43H60N8O15. The molecule has 0 unspecified atom stereocenters. The number of hydrogen-bond donors (Lipinski definition) is 8. The van der Waals surface area contributed by atoms with Gasteiger partial charge in [0.2, 0.25) is 5.88 Å². The first-order chi connectivity index (χ1) is 31.6. The minimum absolute atomic E-state index is 0.0554. The summed E-state index contributed by atoms with van der Waals surface area (Å²) in [4.78, 5) is 50.9. The van der Waals surface area contributed by atoms with Gasteiger partial charge in [-0.3, -0.25) is 33.2 Å². The second kappa shape index (κ2) is 21.1. The molecule has 2 saturated heterocycles. The molecule has 5 heterocycles. The summed E-state index contributed by atoms with van der Waals surface area (Å²) >= 11 is 0. The maximum atomic E-state index is 14.3. The van der Waals surface area contributed by atoms with Gasteiger partial charge in [0.15, 0.2) is 12.6 Å². The fourth-order valence-corrected chi connectivity index (χ4v) is 8.65. The Hall–Kier alpha value is -4.60. The molecule has 23 heteroatoms. The highest BCUT2D eigenvalue weighted by Crippen LogP contribution is 2.37. The van der Waals surface area contributed by atoms with E-state index in [1.807, 2.05) is 38.0 Å². The zero-order chi connectivity index (χ0) is 47.6. The van der Waals surface area contributed by atoms with Crippen LogP contribution in [0.1, 0.15) is 25.0 Å². The lowest BCUT2D eigenvalue weighted by Crippen LogP contribution is -2.64. The third-order valence-electron chi connectivity index (χ3n) is 12.2. The molecule has 10 atom stereocenters. The molecule has 362 valence electrons. The normalized spacial score (nSPS) is 26.6. The summed E-state index contributed by atoms with van der Waals surface area (Å²) in [6.45, 7) is 0.851. The number of aliphatic hydroxyl groups is 7. The van der Waals surface area contributed by atoms with Crippen LogP contribution in [0.3, 0.4) is 0 Å². The zero-order valence-electron chi connectivity index (χ0n) is 37.3. The Kier molecular flexibility index (Phi) is 15.8. The molecule has 4 aliphatic rings. The number of rotatable bonds is 20. The monoisotopic (exact) mass is 928 g/mol. The van der Waals surface area contributed by atoms with Crippen molar-refractivity contribution in [1.82, 2.24) is 33.9 Å². The Morgan fingerprint density at radius 1 is 0.742 bits per heavy atom. The van der Waals surface area contributed by atoms with Gasteiger partial charge >= 0.3 is 0 Å². The lowest BCUT2D eigenvalue weighted by atomic mass is 9.90. The van der Waals surface area contributed by atoms with Crippen molar-refractivity contribution in [3.8, 4) is 17.0 Å². The van der Waals surface area contributed by atoms with E-state index in [2.05, 4.69) is 10.3 Å². The Morgan fingerprint density at radius 2 is 1.39 bits per heavy atom. The van der Waals surface area contributed by atoms with Crippen LogP contribution in [-0.2, 0) is 45.0 Å². The number of aliphatic hydroxyl groups excluding tert-OH is 7. The summed E-state index contributed by atoms with van der Waals surface area (Å²) in [5, 5.41) is 93.1. The molecule has 23 nitrogen and oxygen atoms in total. The zero-order valence-corrected chi connectivity index (χ0v) is 37.3. The van der Waals surface area contributed by atoms with Crippen LogP contribution in [-0.4, -0.2) is 204 Å². The molecule has 0 bridgehead atoms. The molecule has 0 radical (unpaired) electrons. The number of aromatic hydroxyl groups is 1. The lowest BCUT2D eigenvalue weighted by molar-refractivity contribution is -0.359. The SMILES string of the molecule is CN(C)CCCn1c(O)c2ccc3c4c2c(c(=NCCCn2cc(CCO[C@@H]5O[C@H](CO)[C@@H](O[C@H]6O[C@H](CO)[C@@H](O)[C@H](O)[C@H]6O)[C@H](O)[C@H]5O)nn2)cc-4c(=O)n(CCCN(C)C)c3=O)c1=O. The van der Waals surface area contributed by atoms with Gasteiger partial charge in [0.05, 0.1) is 41.8 Å². The summed E-state index contributed by atoms with van der Waals surface area (Å²) in [5.41, 5.74) is -0.367. The maximum absolute atomic E-state index is 14.3. The predicted octanol–water partition coefficient (Wildman–Crippen LogP) is -3.97. The Labute approximate surface area is 377 Å². The third kappa shape index (κ3) is 9.99. The second-order valence-corrected chi connectivity index (χ2v) is 17.4. The van der Waals surface area contributed by atoms with E-state index in [0.717, 1.165) is 0 Å². The van der Waals surface area contributed by atoms with E-state index < -0.39 is 91.3 Å². The van der Waals surface area contributed by atoms with Crippen LogP contribution in [0.5, 0.6) is 5.88 Å². The highest BCUT2D eigenvalue weighted by molar-refractivity contribution is 6.15. The topological polar surface area (TPSA) is 309 Å². The summed E-state index contributed by atoms with van der Waals surface area (Å²) in [6.07, 6.45) is -12.2. The van der Waals surface area contributed by atoms with Gasteiger partial charge in [-0.05, 0) is 78.7 Å². The van der Waals surface area contributed by atoms with Crippen molar-refractivity contribution >= 4 is 21.5 Å². The van der Waals surface area contributed by atoms with Crippen molar-refractivity contribution in [2.75, 3.05) is 67.6 Å². The molecule has 0 saturated carbocycles. The van der Waals surface area contributed by atoms with Crippen LogP contribution in [0.15, 0.2) is 43.8 Å². The molecule has 0 amide bonds. The van der Waals surface area contributed by atoms with Gasteiger partial charge in [-0.2, -0.15) is 0 Å². The standard InChI is InChI=1S/C43H60N8O15/c1-47(2)12-6-15-50-38(59)23-8-9-24-30-29(23)25(40(50)61)18-26(31(30)41(62)51(39(24)60)16-7-13-48(3)4)44-11-5-14-49-19-22(45-46-49)10-17-63-42-36(58)34(56)37(28(21-53)65-42)66-43-35(57)33(55)32(54)27(20-52)64-43/h8-9,18-19,27-28,32-37,42-43,52-58,60H,5-7,10-17,20-21H2,1-4H3/t27-,28-,32-,33+,34-,35-,36-,37-,42-,43-/m1/s1. The van der Waals surface area contributed by atoms with E-state index in [0.29, 0.717) is 60.9 Å². The van der Waals surface area contributed by atoms with E-state index in [-0.39, 0.29) is 60.2 Å². The first-order valence-corrected chi connectivity index (χ1v) is 22.0. The highest BCUT2D eigenvalue weighted by Gasteiger charge is 2.50. The molecule has 1 aliphatic carbocycles. The average Bonchev–Trinajstić information content (AvgIpc) is 3.75. The first kappa shape index (κ1) is 49.3. The molecule has 7 rings (SSSR count). The van der Waals surface area contributed by atoms with Gasteiger partial charge in [0, 0.05) is 60.5 Å². The van der Waals surface area contributed by atoms with Crippen molar-refractivity contribution < 1.29 is 59.8 Å². The third-order valence-corrected chi connectivity index (χ3v) is 12.2. The average molecular weight is 929 g/mol. The van der Waals surface area contributed by atoms with Crippen molar-refractivity contribution in [3.05, 3.63) is 66.5 Å². The van der Waals surface area contributed by atoms with Gasteiger partial charge < -0.3 is 69.6 Å². The number of benzene rings is 2. The number of pyridine rings is 2. The smallest absolute Gasteiger partial charge is 0.263 e. The fourth-order valence-electron chi connectivity index (χ4n) is 8.65. The molecule has 3 aliphatic heterocycles. The van der Waals surface area contributed by atoms with Gasteiger partial charge in [-0.15, -0.1) is 5.10 Å². The van der Waals surface area contributed by atoms with Crippen LogP contribution in [0.2, 0.25) is 0 Å². The fraction of sp³-hybridized carbons (Fsp3) is 0.628. The molecule has 3 aromatic rings. The molecule has 1 aromatic carbocycles. The predicted molar refractivity (Wildman–Crippen MR) is 234 cm³/mol. The van der Waals surface area contributed by atoms with E-state index >= 15 is 0 Å². The lowest BCUT2D eigenvalue weighted by Gasteiger charge is -2.45. The van der Waals surface area contributed by atoms with Crippen molar-refractivity contribution in [2.45, 2.75) is 107 Å². The van der Waals surface area contributed by atoms with Crippen molar-refractivity contribution in [3.63, 3.8) is 0 Å². The van der Waals surface area contributed by atoms with Crippen LogP contribution < -0.4 is 22.0 Å². The summed E-state index contributed by atoms with van der Waals surface area (Å²) < 4.78 is 26.5. The summed E-state index contributed by atoms with van der Waals surface area (Å²) in [5.74, 6) is -0.246. The summed E-state index contributed by atoms with van der Waals surface area (Å²) in [7, 11) is 7.64. The second-order valence-electron chi connectivity index (χ2n) is 17.4. The van der Waals surface area contributed by atoms with Crippen LogP contribution in [0, 0.1) is 0 Å². The van der Waals surface area contributed by atoms with Gasteiger partial charge in [-0.1, -0.05) is 5.21 Å². The quantitative estimate of drug-likeness (QED) is 0.0273. The largest absolute Gasteiger partial charge is 0.494 e. The van der Waals surface area contributed by atoms with E-state index in [1.165, 1.54) is 9.13 Å². The molecule has 66 heavy (non-hydrogen) atoms. The number of ether oxygens (including phenoxy) is 4. The maximum Gasteiger partial charge on any atom is 0.263 e. The number of aromatic nitrogens is 5. The summed E-state index contributed by atoms with van der Waals surface area (Å²) in [6, 6.07) is 4.80. The Morgan fingerprint density at radius 3 is 2.08 bits per heavy atom. The van der Waals surface area contributed by atoms with Gasteiger partial charge in [0.25, 0.3) is 16.7 Å². The minimum Gasteiger partial charge on any atom is -0.494 e. The van der Waals surface area contributed by atoms with Crippen LogP contribution in [0.4, 0.5) is 0 Å². The van der Waals surface area contributed by atoms with Crippen LogP contribution >= 0.6 is 0 Å². The van der Waals surface area contributed by atoms with Crippen molar-refractivity contribution in [2.24, 2.45) is 4.99 Å². The first-order valence-electron chi connectivity index (χ1n) is 22.0. The number of hydrogen-bond acceptors (Lipinski definition) is 20. The Balaban J connectivity index is 1.04. The molecule has 8 N–H and O–H groups in total. The molecule has 2 fully saturated rings. The molecule has 2 aromatic heterocycles. The molecule has 0 spiro atoms. The minimum atomic E-state index is -1.79. The molecular weight excluding hydrogens is 869 g/mol. The van der Waals surface area contributed by atoms with Gasteiger partial charge in [0.1, 0.15) is 48.8 Å². The number of nitrogens with zero attached hydrogens (tertiary/aromatic N) is 8. The Bertz CT molecular complexity index is 2620. The van der Waals surface area contributed by atoms with E-state index in [1.54, 1.807) is 29.1 Å². The van der Waals surface area contributed by atoms with Crippen molar-refractivity contribution in [1.29, 1.82) is 0 Å². The highest BCUT2D eigenvalue weighted by atomic mass is 16.7. The van der Waals surface area contributed by atoms with Crippen LogP contribution in [0.25, 0.3) is 32.7 Å². The van der Waals surface area contributed by atoms with E-state index in [4.69, 9.17) is 23.9 Å². The van der Waals surface area contributed by atoms with Gasteiger partial charge in [-0.25, -0.2) is 0 Å².